The zero-order chi connectivity index (χ0) is 19.5. The maximum Gasteiger partial charge on any atom is 0.268 e. The van der Waals surface area contributed by atoms with Gasteiger partial charge < -0.3 is 9.47 Å². The number of nitrogens with zero attached hydrogens (tertiary/aromatic N) is 3. The third-order valence-corrected chi connectivity index (χ3v) is 5.07. The number of fused-ring (bicyclic) bond motifs is 1. The van der Waals surface area contributed by atoms with Gasteiger partial charge in [-0.1, -0.05) is 30.3 Å². The molecular formula is C22H23N3O3. The number of rotatable bonds is 5. The molecule has 0 saturated heterocycles. The van der Waals surface area contributed by atoms with Gasteiger partial charge in [0.2, 0.25) is 0 Å². The largest absolute Gasteiger partial charge is 0.493 e. The molecule has 0 bridgehead atoms. The smallest absolute Gasteiger partial charge is 0.268 e. The van der Waals surface area contributed by atoms with Crippen molar-refractivity contribution >= 4 is 0 Å². The van der Waals surface area contributed by atoms with E-state index >= 15 is 0 Å². The van der Waals surface area contributed by atoms with Crippen molar-refractivity contribution < 1.29 is 9.47 Å². The summed E-state index contributed by atoms with van der Waals surface area (Å²) in [6.45, 7) is 2.04. The molecule has 3 aromatic rings. The number of aromatic nitrogens is 2. The van der Waals surface area contributed by atoms with Crippen LogP contribution in [0.3, 0.4) is 0 Å². The number of ether oxygens (including phenoxy) is 2. The summed E-state index contributed by atoms with van der Waals surface area (Å²) in [6.07, 6.45) is 0.892. The molecule has 0 unspecified atom stereocenters. The fourth-order valence-electron chi connectivity index (χ4n) is 3.56. The van der Waals surface area contributed by atoms with E-state index in [2.05, 4.69) is 10.00 Å². The van der Waals surface area contributed by atoms with Crippen LogP contribution < -0.4 is 15.0 Å². The van der Waals surface area contributed by atoms with E-state index in [1.807, 2.05) is 42.5 Å². The van der Waals surface area contributed by atoms with Gasteiger partial charge in [0.25, 0.3) is 5.56 Å². The summed E-state index contributed by atoms with van der Waals surface area (Å²) in [6, 6.07) is 17.3. The van der Waals surface area contributed by atoms with E-state index in [-0.39, 0.29) is 5.56 Å². The van der Waals surface area contributed by atoms with E-state index in [4.69, 9.17) is 9.47 Å². The van der Waals surface area contributed by atoms with Crippen molar-refractivity contribution in [2.24, 2.45) is 0 Å². The second-order valence-corrected chi connectivity index (χ2v) is 6.84. The highest BCUT2D eigenvalue weighted by Gasteiger charge is 2.20. The first kappa shape index (κ1) is 18.3. The van der Waals surface area contributed by atoms with Gasteiger partial charge >= 0.3 is 0 Å². The lowest BCUT2D eigenvalue weighted by Gasteiger charge is -2.29. The van der Waals surface area contributed by atoms with Gasteiger partial charge in [-0.3, -0.25) is 9.69 Å². The Balaban J connectivity index is 1.57. The van der Waals surface area contributed by atoms with Gasteiger partial charge in [-0.2, -0.15) is 5.10 Å². The Kier molecular flexibility index (Phi) is 5.12. The first-order chi connectivity index (χ1) is 13.7. The molecule has 0 spiro atoms. The zero-order valence-electron chi connectivity index (χ0n) is 16.1. The minimum absolute atomic E-state index is 0.0993. The summed E-state index contributed by atoms with van der Waals surface area (Å²) < 4.78 is 12.4. The van der Waals surface area contributed by atoms with Crippen LogP contribution in [0.5, 0.6) is 11.5 Å². The summed E-state index contributed by atoms with van der Waals surface area (Å²) in [5.74, 6) is 1.48. The lowest BCUT2D eigenvalue weighted by Crippen LogP contribution is -2.37. The molecule has 0 N–H and O–H groups in total. The molecule has 4 rings (SSSR count). The van der Waals surface area contributed by atoms with Crippen LogP contribution in [0.4, 0.5) is 0 Å². The van der Waals surface area contributed by atoms with Gasteiger partial charge in [-0.05, 0) is 35.7 Å². The molecule has 28 heavy (non-hydrogen) atoms. The van der Waals surface area contributed by atoms with Gasteiger partial charge in [0.15, 0.2) is 11.5 Å². The van der Waals surface area contributed by atoms with Crippen LogP contribution in [0.2, 0.25) is 0 Å². The van der Waals surface area contributed by atoms with E-state index < -0.39 is 0 Å². The Morgan fingerprint density at radius 1 is 0.964 bits per heavy atom. The predicted octanol–water partition coefficient (Wildman–Crippen LogP) is 2.94. The second kappa shape index (κ2) is 7.86. The molecule has 0 amide bonds. The molecule has 1 aliphatic heterocycles. The average Bonchev–Trinajstić information content (AvgIpc) is 2.74. The molecular weight excluding hydrogens is 354 g/mol. The van der Waals surface area contributed by atoms with Crippen molar-refractivity contribution in [3.8, 4) is 22.8 Å². The second-order valence-electron chi connectivity index (χ2n) is 6.84. The summed E-state index contributed by atoms with van der Waals surface area (Å²) in [5, 5.41) is 4.57. The highest BCUT2D eigenvalue weighted by atomic mass is 16.5. The van der Waals surface area contributed by atoms with E-state index in [0.717, 1.165) is 42.3 Å². The summed E-state index contributed by atoms with van der Waals surface area (Å²) in [4.78, 5) is 14.6. The molecule has 0 atom stereocenters. The molecule has 2 heterocycles. The molecule has 1 aliphatic rings. The Bertz CT molecular complexity index is 1030. The van der Waals surface area contributed by atoms with E-state index in [1.54, 1.807) is 26.4 Å². The lowest BCUT2D eigenvalue weighted by atomic mass is 9.99. The molecule has 144 valence electrons. The standard InChI is InChI=1S/C22H23N3O3/c1-27-20-12-17-10-11-24(14-18(17)13-21(20)28-2)15-25-22(26)9-8-19(23-25)16-6-4-3-5-7-16/h3-9,12-13H,10-11,14-15H2,1-2H3. The fraction of sp³-hybridized carbons (Fsp3) is 0.273. The predicted molar refractivity (Wildman–Crippen MR) is 108 cm³/mol. The Hall–Kier alpha value is -3.12. The molecule has 0 saturated carbocycles. The summed E-state index contributed by atoms with van der Waals surface area (Å²) in [5.41, 5.74) is 4.14. The fourth-order valence-corrected chi connectivity index (χ4v) is 3.56. The van der Waals surface area contributed by atoms with Crippen LogP contribution in [0, 0.1) is 0 Å². The van der Waals surface area contributed by atoms with Crippen molar-refractivity contribution in [1.29, 1.82) is 0 Å². The van der Waals surface area contributed by atoms with E-state index in [9.17, 15) is 4.79 Å². The van der Waals surface area contributed by atoms with Crippen LogP contribution in [0.1, 0.15) is 11.1 Å². The molecule has 0 aliphatic carbocycles. The first-order valence-electron chi connectivity index (χ1n) is 9.27. The molecule has 6 nitrogen and oxygen atoms in total. The maximum atomic E-state index is 12.3. The monoisotopic (exact) mass is 377 g/mol. The lowest BCUT2D eigenvalue weighted by molar-refractivity contribution is 0.185. The number of benzene rings is 2. The third kappa shape index (κ3) is 3.64. The minimum atomic E-state index is -0.0993. The van der Waals surface area contributed by atoms with Crippen molar-refractivity contribution in [2.45, 2.75) is 19.6 Å². The Morgan fingerprint density at radius 3 is 2.39 bits per heavy atom. The van der Waals surface area contributed by atoms with Gasteiger partial charge in [0, 0.05) is 24.7 Å². The van der Waals surface area contributed by atoms with Crippen molar-refractivity contribution in [3.05, 3.63) is 76.1 Å². The number of methoxy groups -OCH3 is 2. The number of hydrogen-bond acceptors (Lipinski definition) is 5. The van der Waals surface area contributed by atoms with E-state index in [1.165, 1.54) is 15.8 Å². The molecule has 0 radical (unpaired) electrons. The SMILES string of the molecule is COc1cc2c(cc1OC)CN(Cn1nc(-c3ccccc3)ccc1=O)CC2. The Labute approximate surface area is 163 Å². The average molecular weight is 377 g/mol. The van der Waals surface area contributed by atoms with Crippen LogP contribution in [0.25, 0.3) is 11.3 Å². The number of hydrogen-bond donors (Lipinski definition) is 0. The maximum absolute atomic E-state index is 12.3. The normalized spacial score (nSPS) is 13.8. The van der Waals surface area contributed by atoms with Crippen LogP contribution in [-0.4, -0.2) is 35.4 Å². The molecule has 6 heteroatoms. The van der Waals surface area contributed by atoms with Crippen LogP contribution in [-0.2, 0) is 19.6 Å². The highest BCUT2D eigenvalue weighted by molar-refractivity contribution is 5.57. The van der Waals surface area contributed by atoms with Gasteiger partial charge in [0.05, 0.1) is 26.6 Å². The van der Waals surface area contributed by atoms with Crippen molar-refractivity contribution in [1.82, 2.24) is 14.7 Å². The van der Waals surface area contributed by atoms with Crippen molar-refractivity contribution in [3.63, 3.8) is 0 Å². The van der Waals surface area contributed by atoms with Crippen LogP contribution >= 0.6 is 0 Å². The third-order valence-electron chi connectivity index (χ3n) is 5.07. The zero-order valence-corrected chi connectivity index (χ0v) is 16.1. The van der Waals surface area contributed by atoms with Gasteiger partial charge in [-0.15, -0.1) is 0 Å². The highest BCUT2D eigenvalue weighted by Crippen LogP contribution is 2.33. The quantitative estimate of drug-likeness (QED) is 0.684. The summed E-state index contributed by atoms with van der Waals surface area (Å²) in [7, 11) is 3.29. The topological polar surface area (TPSA) is 56.6 Å². The summed E-state index contributed by atoms with van der Waals surface area (Å²) >= 11 is 0. The van der Waals surface area contributed by atoms with Crippen LogP contribution in [0.15, 0.2) is 59.4 Å². The van der Waals surface area contributed by atoms with Gasteiger partial charge in [-0.25, -0.2) is 4.68 Å². The molecule has 0 fully saturated rings. The first-order valence-corrected chi connectivity index (χ1v) is 9.27. The van der Waals surface area contributed by atoms with E-state index in [0.29, 0.717) is 6.67 Å². The molecule has 1 aromatic heterocycles. The van der Waals surface area contributed by atoms with Gasteiger partial charge in [0.1, 0.15) is 0 Å². The van der Waals surface area contributed by atoms with Crippen molar-refractivity contribution in [2.75, 3.05) is 20.8 Å². The minimum Gasteiger partial charge on any atom is -0.493 e. The Morgan fingerprint density at radius 2 is 1.68 bits per heavy atom. The molecule has 2 aromatic carbocycles.